The first-order valence-corrected chi connectivity index (χ1v) is 6.45. The van der Waals surface area contributed by atoms with Crippen molar-refractivity contribution >= 4 is 5.91 Å². The fourth-order valence-corrected chi connectivity index (χ4v) is 1.67. The number of hydrogen-bond acceptors (Lipinski definition) is 1. The van der Waals surface area contributed by atoms with Gasteiger partial charge in [-0.3, -0.25) is 4.79 Å². The van der Waals surface area contributed by atoms with E-state index in [2.05, 4.69) is 33.0 Å². The third kappa shape index (κ3) is 6.53. The highest BCUT2D eigenvalue weighted by Gasteiger charge is 2.17. The summed E-state index contributed by atoms with van der Waals surface area (Å²) in [5, 5.41) is 3.08. The zero-order valence-corrected chi connectivity index (χ0v) is 10.8. The van der Waals surface area contributed by atoms with Gasteiger partial charge in [-0.2, -0.15) is 0 Å². The second-order valence-corrected chi connectivity index (χ2v) is 4.45. The third-order valence-corrected chi connectivity index (χ3v) is 2.92. The van der Waals surface area contributed by atoms with Gasteiger partial charge < -0.3 is 5.32 Å². The van der Waals surface area contributed by atoms with Gasteiger partial charge in [0.25, 0.3) is 0 Å². The van der Waals surface area contributed by atoms with Crippen molar-refractivity contribution in [2.45, 2.75) is 72.3 Å². The maximum atomic E-state index is 11.9. The van der Waals surface area contributed by atoms with Crippen LogP contribution < -0.4 is 5.32 Å². The Kier molecular flexibility index (Phi) is 8.44. The van der Waals surface area contributed by atoms with Crippen LogP contribution in [-0.2, 0) is 4.79 Å². The number of rotatable bonds is 8. The minimum absolute atomic E-state index is 0.240. The maximum Gasteiger partial charge on any atom is 0.223 e. The molecule has 15 heavy (non-hydrogen) atoms. The van der Waals surface area contributed by atoms with Crippen molar-refractivity contribution < 1.29 is 4.79 Å². The van der Waals surface area contributed by atoms with E-state index in [1.54, 1.807) is 0 Å². The first-order chi connectivity index (χ1) is 7.15. The average molecular weight is 213 g/mol. The molecule has 1 N–H and O–H groups in total. The minimum atomic E-state index is 0.240. The summed E-state index contributed by atoms with van der Waals surface area (Å²) >= 11 is 0. The molecule has 2 heteroatoms. The van der Waals surface area contributed by atoms with Crippen molar-refractivity contribution in [3.05, 3.63) is 0 Å². The zero-order chi connectivity index (χ0) is 11.7. The molecule has 0 fully saturated rings. The Hall–Kier alpha value is -0.530. The van der Waals surface area contributed by atoms with Gasteiger partial charge in [0.1, 0.15) is 0 Å². The molecule has 0 saturated carbocycles. The van der Waals surface area contributed by atoms with Crippen molar-refractivity contribution in [3.8, 4) is 0 Å². The molecule has 2 nitrogen and oxygen atoms in total. The minimum Gasteiger partial charge on any atom is -0.353 e. The van der Waals surface area contributed by atoms with Gasteiger partial charge >= 0.3 is 0 Å². The Labute approximate surface area is 94.8 Å². The first-order valence-electron chi connectivity index (χ1n) is 6.45. The molecule has 0 saturated heterocycles. The average Bonchev–Trinajstić information content (AvgIpc) is 2.23. The van der Waals surface area contributed by atoms with Gasteiger partial charge in [-0.25, -0.2) is 0 Å². The fraction of sp³-hybridized carbons (Fsp3) is 0.923. The van der Waals surface area contributed by atoms with E-state index >= 15 is 0 Å². The van der Waals surface area contributed by atoms with Crippen molar-refractivity contribution in [1.82, 2.24) is 5.32 Å². The highest BCUT2D eigenvalue weighted by molar-refractivity contribution is 5.78. The zero-order valence-electron chi connectivity index (χ0n) is 10.8. The summed E-state index contributed by atoms with van der Waals surface area (Å²) < 4.78 is 0. The number of amides is 1. The monoisotopic (exact) mass is 213 g/mol. The van der Waals surface area contributed by atoms with Gasteiger partial charge in [0.05, 0.1) is 0 Å². The second kappa shape index (κ2) is 8.75. The molecule has 2 atom stereocenters. The van der Waals surface area contributed by atoms with Gasteiger partial charge in [-0.1, -0.05) is 40.0 Å². The molecule has 0 rings (SSSR count). The van der Waals surface area contributed by atoms with Crippen molar-refractivity contribution in [2.24, 2.45) is 5.92 Å². The van der Waals surface area contributed by atoms with Crippen molar-refractivity contribution in [2.75, 3.05) is 0 Å². The lowest BCUT2D eigenvalue weighted by Gasteiger charge is -2.18. The van der Waals surface area contributed by atoms with E-state index in [9.17, 15) is 4.79 Å². The van der Waals surface area contributed by atoms with E-state index < -0.39 is 0 Å². The largest absolute Gasteiger partial charge is 0.353 e. The predicted octanol–water partition coefficient (Wildman–Crippen LogP) is 3.51. The molecule has 0 aliphatic heterocycles. The summed E-state index contributed by atoms with van der Waals surface area (Å²) in [4.78, 5) is 11.9. The molecule has 2 unspecified atom stereocenters. The molecular formula is C13H27NO. The van der Waals surface area contributed by atoms with Crippen molar-refractivity contribution in [1.29, 1.82) is 0 Å². The summed E-state index contributed by atoms with van der Waals surface area (Å²) in [6.45, 7) is 8.50. The van der Waals surface area contributed by atoms with Gasteiger partial charge in [0, 0.05) is 12.0 Å². The molecule has 0 heterocycles. The summed E-state index contributed by atoms with van der Waals surface area (Å²) in [7, 11) is 0. The van der Waals surface area contributed by atoms with E-state index in [1.807, 2.05) is 0 Å². The highest BCUT2D eigenvalue weighted by Crippen LogP contribution is 2.15. The summed E-state index contributed by atoms with van der Waals surface area (Å²) in [5.41, 5.74) is 0. The molecule has 0 aliphatic carbocycles. The molecule has 1 amide bonds. The summed E-state index contributed by atoms with van der Waals surface area (Å²) in [5.74, 6) is 0.503. The van der Waals surface area contributed by atoms with E-state index in [0.717, 1.165) is 25.7 Å². The predicted molar refractivity (Wildman–Crippen MR) is 65.8 cm³/mol. The lowest BCUT2D eigenvalue weighted by atomic mass is 9.96. The number of nitrogens with one attached hydrogen (secondary N) is 1. The first kappa shape index (κ1) is 14.5. The Bertz CT molecular complexity index is 168. The van der Waals surface area contributed by atoms with Crippen LogP contribution in [0.15, 0.2) is 0 Å². The number of carbonyl (C=O) groups is 1. The van der Waals surface area contributed by atoms with Crippen LogP contribution in [0, 0.1) is 5.92 Å². The van der Waals surface area contributed by atoms with Crippen LogP contribution in [0.3, 0.4) is 0 Å². The Morgan fingerprint density at radius 2 is 1.80 bits per heavy atom. The van der Waals surface area contributed by atoms with Crippen LogP contribution in [0.4, 0.5) is 0 Å². The Balaban J connectivity index is 4.03. The van der Waals surface area contributed by atoms with Crippen LogP contribution in [-0.4, -0.2) is 11.9 Å². The van der Waals surface area contributed by atoms with Gasteiger partial charge in [0.2, 0.25) is 5.91 Å². The molecule has 0 bridgehead atoms. The maximum absolute atomic E-state index is 11.9. The standard InChI is InChI=1S/C13H27NO/c1-5-8-10-12(9-6-2)13(15)14-11(4)7-3/h11-12H,5-10H2,1-4H3,(H,14,15). The molecule has 0 aromatic rings. The fourth-order valence-electron chi connectivity index (χ4n) is 1.67. The third-order valence-electron chi connectivity index (χ3n) is 2.92. The lowest BCUT2D eigenvalue weighted by Crippen LogP contribution is -2.36. The normalized spacial score (nSPS) is 14.7. The molecular weight excluding hydrogens is 186 g/mol. The molecule has 0 spiro atoms. The Morgan fingerprint density at radius 1 is 1.13 bits per heavy atom. The molecule has 90 valence electrons. The van der Waals surface area contributed by atoms with Crippen LogP contribution in [0.25, 0.3) is 0 Å². The van der Waals surface area contributed by atoms with Crippen LogP contribution in [0.1, 0.15) is 66.2 Å². The number of unbranched alkanes of at least 4 members (excludes halogenated alkanes) is 1. The SMILES string of the molecule is CCCCC(CCC)C(=O)NC(C)CC. The van der Waals surface area contributed by atoms with Gasteiger partial charge in [-0.05, 0) is 26.2 Å². The molecule has 0 aromatic heterocycles. The topological polar surface area (TPSA) is 29.1 Å². The van der Waals surface area contributed by atoms with Crippen LogP contribution in [0.5, 0.6) is 0 Å². The lowest BCUT2D eigenvalue weighted by molar-refractivity contribution is -0.126. The second-order valence-electron chi connectivity index (χ2n) is 4.45. The molecule has 0 aromatic carbocycles. The number of carbonyl (C=O) groups excluding carboxylic acids is 1. The summed E-state index contributed by atoms with van der Waals surface area (Å²) in [6, 6.07) is 0.318. The quantitative estimate of drug-likeness (QED) is 0.657. The van der Waals surface area contributed by atoms with E-state index in [4.69, 9.17) is 0 Å². The van der Waals surface area contributed by atoms with E-state index in [1.165, 1.54) is 12.8 Å². The highest BCUT2D eigenvalue weighted by atomic mass is 16.1. The van der Waals surface area contributed by atoms with E-state index in [0.29, 0.717) is 6.04 Å². The molecule has 0 aliphatic rings. The Morgan fingerprint density at radius 3 is 2.27 bits per heavy atom. The smallest absolute Gasteiger partial charge is 0.223 e. The number of hydrogen-bond donors (Lipinski definition) is 1. The van der Waals surface area contributed by atoms with Gasteiger partial charge in [-0.15, -0.1) is 0 Å². The van der Waals surface area contributed by atoms with E-state index in [-0.39, 0.29) is 11.8 Å². The van der Waals surface area contributed by atoms with Gasteiger partial charge in [0.15, 0.2) is 0 Å². The van der Waals surface area contributed by atoms with Crippen molar-refractivity contribution in [3.63, 3.8) is 0 Å². The molecule has 0 radical (unpaired) electrons. The van der Waals surface area contributed by atoms with Crippen LogP contribution >= 0.6 is 0 Å². The summed E-state index contributed by atoms with van der Waals surface area (Å²) in [6.07, 6.45) is 6.53. The van der Waals surface area contributed by atoms with Crippen LogP contribution in [0.2, 0.25) is 0 Å².